The van der Waals surface area contributed by atoms with Crippen LogP contribution in [0.25, 0.3) is 0 Å². The van der Waals surface area contributed by atoms with E-state index in [0.29, 0.717) is 12.0 Å². The number of rotatable bonds is 2. The zero-order valence-electron chi connectivity index (χ0n) is 10.1. The predicted octanol–water partition coefficient (Wildman–Crippen LogP) is 2.42. The van der Waals surface area contributed by atoms with Gasteiger partial charge in [-0.2, -0.15) is 13.2 Å². The number of carbonyl (C=O) groups excluding carboxylic acids is 1. The summed E-state index contributed by atoms with van der Waals surface area (Å²) in [5.74, 6) is -1.86. The van der Waals surface area contributed by atoms with Crippen molar-refractivity contribution in [1.29, 1.82) is 0 Å². The van der Waals surface area contributed by atoms with Crippen molar-refractivity contribution >= 4 is 5.91 Å². The number of hydrogen-bond donors (Lipinski definition) is 0. The second kappa shape index (κ2) is 4.92. The van der Waals surface area contributed by atoms with E-state index in [1.54, 1.807) is 18.2 Å². The van der Waals surface area contributed by atoms with Gasteiger partial charge in [0.1, 0.15) is 19.8 Å². The van der Waals surface area contributed by atoms with Crippen LogP contribution in [0.4, 0.5) is 17.6 Å². The van der Waals surface area contributed by atoms with Gasteiger partial charge in [0, 0.05) is 12.0 Å². The fourth-order valence-electron chi connectivity index (χ4n) is 2.52. The maximum absolute atomic E-state index is 12.7. The van der Waals surface area contributed by atoms with Crippen molar-refractivity contribution in [1.82, 2.24) is 0 Å². The second-order valence-corrected chi connectivity index (χ2v) is 4.69. The van der Waals surface area contributed by atoms with Gasteiger partial charge in [0.05, 0.1) is 6.54 Å². The molecule has 0 fully saturated rings. The molecule has 0 N–H and O–H groups in total. The molecule has 1 amide bonds. The third-order valence-corrected chi connectivity index (χ3v) is 3.52. The Morgan fingerprint density at radius 3 is 2.74 bits per heavy atom. The van der Waals surface area contributed by atoms with Crippen LogP contribution in [0.15, 0.2) is 18.2 Å². The fourth-order valence-corrected chi connectivity index (χ4v) is 2.52. The van der Waals surface area contributed by atoms with Gasteiger partial charge in [-0.3, -0.25) is 0 Å². The number of amides is 1. The number of alkyl halides is 4. The van der Waals surface area contributed by atoms with Crippen molar-refractivity contribution in [2.75, 3.05) is 19.8 Å². The van der Waals surface area contributed by atoms with Crippen molar-refractivity contribution in [3.63, 3.8) is 0 Å². The average Bonchev–Trinajstić information content (AvgIpc) is 2.37. The normalized spacial score (nSPS) is 22.9. The van der Waals surface area contributed by atoms with Crippen LogP contribution in [0.2, 0.25) is 0 Å². The zero-order chi connectivity index (χ0) is 14.1. The molecule has 1 aromatic carbocycles. The summed E-state index contributed by atoms with van der Waals surface area (Å²) in [5.41, 5.74) is 1.54. The van der Waals surface area contributed by atoms with Crippen LogP contribution in [0, 0.1) is 6.07 Å². The van der Waals surface area contributed by atoms with Crippen LogP contribution < -0.4 is 0 Å². The van der Waals surface area contributed by atoms with Crippen LogP contribution in [-0.4, -0.2) is 36.3 Å². The molecule has 1 radical (unpaired) electrons. The standard InChI is InChI=1S/C13H13F4NO/c14-6-8-18(12(19)13(15,16)17)7-5-10-3-1-2-4-11(10)9-18/h1,3-4H,5-9H2/q+1. The molecule has 103 valence electrons. The summed E-state index contributed by atoms with van der Waals surface area (Å²) in [7, 11) is 0. The molecule has 0 saturated heterocycles. The smallest absolute Gasteiger partial charge is 0.246 e. The molecule has 6 heteroatoms. The minimum atomic E-state index is -4.94. The molecule has 2 rings (SSSR count). The van der Waals surface area contributed by atoms with Crippen molar-refractivity contribution in [2.24, 2.45) is 0 Å². The zero-order valence-corrected chi connectivity index (χ0v) is 10.1. The highest BCUT2D eigenvalue weighted by molar-refractivity contribution is 5.75. The molecule has 0 bridgehead atoms. The lowest BCUT2D eigenvalue weighted by molar-refractivity contribution is -0.874. The van der Waals surface area contributed by atoms with Gasteiger partial charge in [-0.25, -0.2) is 13.7 Å². The van der Waals surface area contributed by atoms with Crippen molar-refractivity contribution in [3.05, 3.63) is 35.4 Å². The predicted molar refractivity (Wildman–Crippen MR) is 59.7 cm³/mol. The Labute approximate surface area is 108 Å². The molecule has 1 aromatic rings. The lowest BCUT2D eigenvalue weighted by Crippen LogP contribution is -2.60. The summed E-state index contributed by atoms with van der Waals surface area (Å²) in [5, 5.41) is 0. The second-order valence-electron chi connectivity index (χ2n) is 4.69. The molecule has 1 heterocycles. The molecule has 1 atom stereocenters. The molecular formula is C13H13F4NO+. The highest BCUT2D eigenvalue weighted by Gasteiger charge is 2.55. The van der Waals surface area contributed by atoms with Gasteiger partial charge < -0.3 is 0 Å². The van der Waals surface area contributed by atoms with Gasteiger partial charge in [0.15, 0.2) is 0 Å². The third-order valence-electron chi connectivity index (χ3n) is 3.52. The van der Waals surface area contributed by atoms with Crippen LogP contribution in [0.3, 0.4) is 0 Å². The highest BCUT2D eigenvalue weighted by atomic mass is 19.4. The minimum absolute atomic E-state index is 0.0146. The molecule has 1 aliphatic rings. The van der Waals surface area contributed by atoms with Gasteiger partial charge in [-0.15, -0.1) is 0 Å². The Hall–Kier alpha value is -1.43. The average molecular weight is 275 g/mol. The first-order valence-corrected chi connectivity index (χ1v) is 5.91. The SMILES string of the molecule is O=C(C(F)(F)F)[N+]1(CCF)CCc2cc[c]cc2C1. The maximum Gasteiger partial charge on any atom is 0.509 e. The van der Waals surface area contributed by atoms with E-state index in [2.05, 4.69) is 6.07 Å². The summed E-state index contributed by atoms with van der Waals surface area (Å²) >= 11 is 0. The first-order chi connectivity index (χ1) is 8.89. The van der Waals surface area contributed by atoms with E-state index in [0.717, 1.165) is 5.56 Å². The quantitative estimate of drug-likeness (QED) is 0.598. The first kappa shape index (κ1) is 14.0. The molecule has 0 saturated carbocycles. The molecule has 19 heavy (non-hydrogen) atoms. The van der Waals surface area contributed by atoms with Crippen molar-refractivity contribution in [3.8, 4) is 0 Å². The van der Waals surface area contributed by atoms with Gasteiger partial charge in [-0.1, -0.05) is 12.1 Å². The molecule has 0 aliphatic carbocycles. The molecular weight excluding hydrogens is 262 g/mol. The lowest BCUT2D eigenvalue weighted by Gasteiger charge is -2.39. The number of fused-ring (bicyclic) bond motifs is 1. The van der Waals surface area contributed by atoms with E-state index in [9.17, 15) is 22.4 Å². The largest absolute Gasteiger partial charge is 0.509 e. The monoisotopic (exact) mass is 275 g/mol. The fraction of sp³-hybridized carbons (Fsp3) is 0.462. The lowest BCUT2D eigenvalue weighted by atomic mass is 9.97. The molecule has 1 aliphatic heterocycles. The van der Waals surface area contributed by atoms with E-state index >= 15 is 0 Å². The third kappa shape index (κ3) is 2.63. The van der Waals surface area contributed by atoms with Gasteiger partial charge in [0.2, 0.25) is 0 Å². The van der Waals surface area contributed by atoms with Gasteiger partial charge >= 0.3 is 12.1 Å². The van der Waals surface area contributed by atoms with E-state index in [1.807, 2.05) is 0 Å². The maximum atomic E-state index is 12.7. The number of halogens is 4. The van der Waals surface area contributed by atoms with E-state index < -0.39 is 29.8 Å². The Balaban J connectivity index is 2.36. The number of nitrogens with zero attached hydrogens (tertiary/aromatic N) is 1. The first-order valence-electron chi connectivity index (χ1n) is 5.91. The summed E-state index contributed by atoms with van der Waals surface area (Å²) < 4.78 is 49.8. The van der Waals surface area contributed by atoms with Crippen LogP contribution in [-0.2, 0) is 17.8 Å². The van der Waals surface area contributed by atoms with Crippen LogP contribution >= 0.6 is 0 Å². The van der Waals surface area contributed by atoms with E-state index in [1.165, 1.54) is 0 Å². The summed E-state index contributed by atoms with van der Waals surface area (Å²) in [6.45, 7) is -1.52. The Morgan fingerprint density at radius 2 is 2.11 bits per heavy atom. The molecule has 0 aromatic heterocycles. The van der Waals surface area contributed by atoms with Crippen molar-refractivity contribution < 1.29 is 26.8 Å². The minimum Gasteiger partial charge on any atom is -0.246 e. The van der Waals surface area contributed by atoms with Gasteiger partial charge in [0.25, 0.3) is 0 Å². The van der Waals surface area contributed by atoms with E-state index in [4.69, 9.17) is 0 Å². The highest BCUT2D eigenvalue weighted by Crippen LogP contribution is 2.31. The Kier molecular flexibility index (Phi) is 3.62. The summed E-state index contributed by atoms with van der Waals surface area (Å²) in [6.07, 6.45) is -4.60. The van der Waals surface area contributed by atoms with Gasteiger partial charge in [-0.05, 0) is 17.7 Å². The number of quaternary nitrogens is 1. The summed E-state index contributed by atoms with van der Waals surface area (Å²) in [6, 6.07) is 7.81. The van der Waals surface area contributed by atoms with Crippen LogP contribution in [0.5, 0.6) is 0 Å². The Morgan fingerprint density at radius 1 is 1.37 bits per heavy atom. The van der Waals surface area contributed by atoms with Crippen molar-refractivity contribution in [2.45, 2.75) is 19.1 Å². The molecule has 0 spiro atoms. The molecule has 2 nitrogen and oxygen atoms in total. The molecule has 1 unspecified atom stereocenters. The topological polar surface area (TPSA) is 17.1 Å². The number of carbonyl (C=O) groups is 1. The number of hydrogen-bond acceptors (Lipinski definition) is 1. The Bertz CT molecular complexity index is 486. The van der Waals surface area contributed by atoms with Crippen LogP contribution in [0.1, 0.15) is 11.1 Å². The van der Waals surface area contributed by atoms with E-state index in [-0.39, 0.29) is 13.1 Å². The number of benzene rings is 1. The summed E-state index contributed by atoms with van der Waals surface area (Å²) in [4.78, 5) is 11.6.